The normalized spacial score (nSPS) is 11.8. The second-order valence-corrected chi connectivity index (χ2v) is 11.4. The van der Waals surface area contributed by atoms with E-state index in [1.807, 2.05) is 13.8 Å². The zero-order valence-corrected chi connectivity index (χ0v) is 25.2. The smallest absolute Gasteiger partial charge is 0.264 e. The average molecular weight is 600 g/mol. The highest BCUT2D eigenvalue weighted by atomic mass is 32.2. The minimum atomic E-state index is -4.31. The topological polar surface area (TPSA) is 105 Å². The summed E-state index contributed by atoms with van der Waals surface area (Å²) in [6.07, 6.45) is 1.67. The molecule has 0 spiro atoms. The Hall–Kier alpha value is -4.12. The quantitative estimate of drug-likeness (QED) is 0.253. The number of nitrogens with zero attached hydrogens (tertiary/aromatic N) is 2. The van der Waals surface area contributed by atoms with Crippen molar-refractivity contribution in [2.75, 3.05) is 31.1 Å². The Balaban J connectivity index is 2.00. The van der Waals surface area contributed by atoms with Crippen molar-refractivity contribution in [1.29, 1.82) is 0 Å². The Morgan fingerprint density at radius 2 is 1.55 bits per heavy atom. The molecular weight excluding hydrogens is 561 g/mol. The third-order valence-corrected chi connectivity index (χ3v) is 8.41. The molecule has 226 valence electrons. The molecule has 9 nitrogen and oxygen atoms in total. The van der Waals surface area contributed by atoms with E-state index in [0.29, 0.717) is 24.7 Å². The number of carbonyl (C=O) groups excluding carboxylic acids is 2. The van der Waals surface area contributed by atoms with Gasteiger partial charge in [0.1, 0.15) is 29.9 Å². The molecule has 0 fully saturated rings. The van der Waals surface area contributed by atoms with Crippen LogP contribution in [0.5, 0.6) is 11.5 Å². The molecule has 0 bridgehead atoms. The van der Waals surface area contributed by atoms with E-state index < -0.39 is 34.3 Å². The molecule has 0 radical (unpaired) electrons. The molecule has 0 aliphatic heterocycles. The number of nitrogens with one attached hydrogen (secondary N) is 1. The number of ether oxygens (including phenoxy) is 2. The van der Waals surface area contributed by atoms with Gasteiger partial charge in [-0.25, -0.2) is 12.8 Å². The van der Waals surface area contributed by atoms with E-state index in [9.17, 15) is 22.4 Å². The minimum Gasteiger partial charge on any atom is -0.497 e. The van der Waals surface area contributed by atoms with Crippen molar-refractivity contribution in [3.8, 4) is 11.5 Å². The molecule has 0 heterocycles. The highest BCUT2D eigenvalue weighted by molar-refractivity contribution is 7.92. The summed E-state index contributed by atoms with van der Waals surface area (Å²) in [5, 5.41) is 2.85. The first-order valence-corrected chi connectivity index (χ1v) is 15.3. The highest BCUT2D eigenvalue weighted by Crippen LogP contribution is 2.27. The van der Waals surface area contributed by atoms with Gasteiger partial charge in [0.25, 0.3) is 10.0 Å². The third-order valence-electron chi connectivity index (χ3n) is 6.63. The molecule has 11 heteroatoms. The van der Waals surface area contributed by atoms with Crippen LogP contribution in [0.15, 0.2) is 77.7 Å². The predicted octanol–water partition coefficient (Wildman–Crippen LogP) is 4.76. The third kappa shape index (κ3) is 8.45. The van der Waals surface area contributed by atoms with Crippen LogP contribution in [0.4, 0.5) is 10.1 Å². The Bertz CT molecular complexity index is 1410. The monoisotopic (exact) mass is 599 g/mol. The summed E-state index contributed by atoms with van der Waals surface area (Å²) in [5.41, 5.74) is 0.937. The molecule has 3 rings (SSSR count). The lowest BCUT2D eigenvalue weighted by Crippen LogP contribution is -2.51. The lowest BCUT2D eigenvalue weighted by atomic mass is 10.1. The number of anilines is 1. The summed E-state index contributed by atoms with van der Waals surface area (Å²) in [6.45, 7) is 5.78. The summed E-state index contributed by atoms with van der Waals surface area (Å²) >= 11 is 0. The van der Waals surface area contributed by atoms with Crippen molar-refractivity contribution in [2.45, 2.75) is 51.1 Å². The minimum absolute atomic E-state index is 0.0545. The van der Waals surface area contributed by atoms with Crippen LogP contribution in [0.3, 0.4) is 0 Å². The SMILES string of the molecule is CCCCNC(=O)C(C)N(Cc1ccc(OC)cc1)C(=O)CN(c1ccc(OCC)cc1)S(=O)(=O)c1ccc(F)cc1. The summed E-state index contributed by atoms with van der Waals surface area (Å²) in [6, 6.07) is 16.8. The molecule has 42 heavy (non-hydrogen) atoms. The van der Waals surface area contributed by atoms with Crippen LogP contribution in [0.2, 0.25) is 0 Å². The van der Waals surface area contributed by atoms with Gasteiger partial charge in [-0.1, -0.05) is 25.5 Å². The van der Waals surface area contributed by atoms with E-state index in [4.69, 9.17) is 9.47 Å². The summed E-state index contributed by atoms with van der Waals surface area (Å²) in [4.78, 5) is 28.2. The maximum absolute atomic E-state index is 14.0. The molecular formula is C31H38FN3O6S. The fraction of sp³-hybridized carbons (Fsp3) is 0.355. The van der Waals surface area contributed by atoms with Crippen LogP contribution in [-0.2, 0) is 26.2 Å². The number of halogens is 1. The average Bonchev–Trinajstić information content (AvgIpc) is 2.99. The van der Waals surface area contributed by atoms with Gasteiger partial charge in [-0.05, 0) is 86.5 Å². The molecule has 3 aromatic rings. The molecule has 0 aliphatic rings. The van der Waals surface area contributed by atoms with Crippen molar-refractivity contribution < 1.29 is 31.9 Å². The maximum atomic E-state index is 14.0. The van der Waals surface area contributed by atoms with Crippen molar-refractivity contribution in [3.05, 3.63) is 84.2 Å². The van der Waals surface area contributed by atoms with Gasteiger partial charge in [0.2, 0.25) is 11.8 Å². The van der Waals surface area contributed by atoms with Gasteiger partial charge in [-0.3, -0.25) is 13.9 Å². The molecule has 0 saturated heterocycles. The van der Waals surface area contributed by atoms with Crippen molar-refractivity contribution in [3.63, 3.8) is 0 Å². The second kappa shape index (κ2) is 15.2. The van der Waals surface area contributed by atoms with Gasteiger partial charge in [-0.15, -0.1) is 0 Å². The van der Waals surface area contributed by atoms with Crippen LogP contribution in [-0.4, -0.2) is 58.0 Å². The van der Waals surface area contributed by atoms with E-state index in [1.165, 1.54) is 17.0 Å². The first kappa shape index (κ1) is 32.4. The van der Waals surface area contributed by atoms with E-state index in [2.05, 4.69) is 5.32 Å². The first-order chi connectivity index (χ1) is 20.1. The number of amides is 2. The molecule has 2 amide bonds. The highest BCUT2D eigenvalue weighted by Gasteiger charge is 2.32. The number of methoxy groups -OCH3 is 1. The summed E-state index contributed by atoms with van der Waals surface area (Å²) in [5.74, 6) is -0.367. The lowest BCUT2D eigenvalue weighted by Gasteiger charge is -2.32. The number of benzene rings is 3. The number of sulfonamides is 1. The van der Waals surface area contributed by atoms with Crippen LogP contribution >= 0.6 is 0 Å². The lowest BCUT2D eigenvalue weighted by molar-refractivity contribution is -0.139. The second-order valence-electron chi connectivity index (χ2n) is 9.58. The summed E-state index contributed by atoms with van der Waals surface area (Å²) in [7, 11) is -2.76. The van der Waals surface area contributed by atoms with Crippen molar-refractivity contribution in [1.82, 2.24) is 10.2 Å². The van der Waals surface area contributed by atoms with Crippen molar-refractivity contribution in [2.24, 2.45) is 0 Å². The zero-order valence-electron chi connectivity index (χ0n) is 24.4. The fourth-order valence-electron chi connectivity index (χ4n) is 4.18. The van der Waals surface area contributed by atoms with Crippen LogP contribution in [0, 0.1) is 5.82 Å². The van der Waals surface area contributed by atoms with Gasteiger partial charge < -0.3 is 19.7 Å². The number of rotatable bonds is 15. The Morgan fingerprint density at radius 1 is 0.929 bits per heavy atom. The molecule has 0 aliphatic carbocycles. The molecule has 0 saturated carbocycles. The van der Waals surface area contributed by atoms with Gasteiger partial charge in [0.05, 0.1) is 24.3 Å². The molecule has 1 N–H and O–H groups in total. The van der Waals surface area contributed by atoms with Gasteiger partial charge >= 0.3 is 0 Å². The maximum Gasteiger partial charge on any atom is 0.264 e. The number of hydrogen-bond acceptors (Lipinski definition) is 6. The Labute approximate surface area is 247 Å². The van der Waals surface area contributed by atoms with Gasteiger partial charge in [0, 0.05) is 13.1 Å². The number of unbranched alkanes of at least 4 members (excludes halogenated alkanes) is 1. The van der Waals surface area contributed by atoms with E-state index in [1.54, 1.807) is 50.4 Å². The van der Waals surface area contributed by atoms with E-state index in [0.717, 1.165) is 47.0 Å². The molecule has 0 aromatic heterocycles. The zero-order chi connectivity index (χ0) is 30.7. The number of carbonyl (C=O) groups is 2. The Morgan fingerprint density at radius 3 is 2.12 bits per heavy atom. The summed E-state index contributed by atoms with van der Waals surface area (Å²) < 4.78 is 53.0. The molecule has 1 atom stereocenters. The Kier molecular flexibility index (Phi) is 11.7. The number of hydrogen-bond donors (Lipinski definition) is 1. The largest absolute Gasteiger partial charge is 0.497 e. The van der Waals surface area contributed by atoms with Gasteiger partial charge in [0.15, 0.2) is 0 Å². The van der Waals surface area contributed by atoms with E-state index in [-0.39, 0.29) is 23.0 Å². The van der Waals surface area contributed by atoms with Crippen LogP contribution in [0.1, 0.15) is 39.2 Å². The standard InChI is InChI=1S/C31H38FN3O6S/c1-5-7-20-33-31(37)23(3)34(21-24-8-14-27(40-4)15-9-24)30(36)22-35(26-12-16-28(17-13-26)41-6-2)42(38,39)29-18-10-25(32)11-19-29/h8-19,23H,5-7,20-22H2,1-4H3,(H,33,37). The van der Waals surface area contributed by atoms with Crippen molar-refractivity contribution >= 4 is 27.5 Å². The molecule has 3 aromatic carbocycles. The van der Waals surface area contributed by atoms with E-state index >= 15 is 0 Å². The van der Waals surface area contributed by atoms with Crippen LogP contribution in [0.25, 0.3) is 0 Å². The predicted molar refractivity (Wildman–Crippen MR) is 159 cm³/mol. The fourth-order valence-corrected chi connectivity index (χ4v) is 5.60. The first-order valence-electron chi connectivity index (χ1n) is 13.8. The van der Waals surface area contributed by atoms with Crippen LogP contribution < -0.4 is 19.1 Å². The molecule has 1 unspecified atom stereocenters. The van der Waals surface area contributed by atoms with Gasteiger partial charge in [-0.2, -0.15) is 0 Å².